The van der Waals surface area contributed by atoms with Crippen molar-refractivity contribution in [2.24, 2.45) is 21.7 Å². The van der Waals surface area contributed by atoms with E-state index in [0.717, 1.165) is 0 Å². The topological polar surface area (TPSA) is 132 Å². The first-order valence-electron chi connectivity index (χ1n) is 6.35. The van der Waals surface area contributed by atoms with Gasteiger partial charge in [-0.05, 0) is 19.8 Å². The number of ether oxygens (including phenoxy) is 1. The molecule has 0 spiro atoms. The molecule has 8 heteroatoms. The molecule has 8 nitrogen and oxygen atoms in total. The van der Waals surface area contributed by atoms with Gasteiger partial charge in [0, 0.05) is 5.41 Å². The van der Waals surface area contributed by atoms with Gasteiger partial charge in [0.1, 0.15) is 6.07 Å². The van der Waals surface area contributed by atoms with Crippen LogP contribution >= 0.6 is 0 Å². The van der Waals surface area contributed by atoms with Crippen molar-refractivity contribution in [2.45, 2.75) is 39.2 Å². The van der Waals surface area contributed by atoms with Crippen LogP contribution in [0.2, 0.25) is 0 Å². The summed E-state index contributed by atoms with van der Waals surface area (Å²) in [5, 5.41) is 11.8. The second kappa shape index (κ2) is 4.28. The third kappa shape index (κ3) is 1.67. The van der Waals surface area contributed by atoms with Crippen LogP contribution in [-0.2, 0) is 24.0 Å². The highest BCUT2D eigenvalue weighted by Crippen LogP contribution is 2.65. The van der Waals surface area contributed by atoms with Gasteiger partial charge in [-0.25, -0.2) is 4.79 Å². The summed E-state index contributed by atoms with van der Waals surface area (Å²) >= 11 is 0. The maximum atomic E-state index is 12.3. The lowest BCUT2D eigenvalue weighted by Gasteiger charge is -2.33. The highest BCUT2D eigenvalue weighted by atomic mass is 16.7. The molecule has 1 saturated carbocycles. The number of nitrogens with two attached hydrogens (primary N) is 1. The molecule has 2 fully saturated rings. The lowest BCUT2D eigenvalue weighted by molar-refractivity contribution is -0.183. The van der Waals surface area contributed by atoms with Crippen LogP contribution in [0.1, 0.15) is 33.6 Å². The molecule has 2 atom stereocenters. The van der Waals surface area contributed by atoms with Crippen molar-refractivity contribution in [3.63, 3.8) is 0 Å². The van der Waals surface area contributed by atoms with E-state index >= 15 is 0 Å². The zero-order valence-electron chi connectivity index (χ0n) is 11.9. The van der Waals surface area contributed by atoms with Crippen LogP contribution in [0.15, 0.2) is 5.16 Å². The first kappa shape index (κ1) is 15.0. The average molecular weight is 293 g/mol. The lowest BCUT2D eigenvalue weighted by atomic mass is 9.66. The molecule has 2 N–H and O–H groups in total. The standard InChI is InChI=1S/C13H15N3O5/c1-11(2)12(3)4-5-13(11,20-9(12)18)10(19)21-16-7(6-14)8(15)17/h4-5H2,1-3H3,(H2,15,17). The second-order valence-electron chi connectivity index (χ2n) is 5.97. The van der Waals surface area contributed by atoms with Crippen molar-refractivity contribution >= 4 is 23.6 Å². The fraction of sp³-hybridized carbons (Fsp3) is 0.615. The molecule has 112 valence electrons. The summed E-state index contributed by atoms with van der Waals surface area (Å²) in [5.74, 6) is -2.48. The number of fused-ring (bicyclic) bond motifs is 2. The number of carbonyl (C=O) groups excluding carboxylic acids is 3. The number of carbonyl (C=O) groups is 3. The minimum Gasteiger partial charge on any atom is -0.446 e. The highest BCUT2D eigenvalue weighted by molar-refractivity contribution is 6.44. The Bertz CT molecular complexity index is 618. The van der Waals surface area contributed by atoms with Crippen LogP contribution in [0.25, 0.3) is 0 Å². The predicted molar refractivity (Wildman–Crippen MR) is 68.3 cm³/mol. The van der Waals surface area contributed by atoms with Crippen LogP contribution in [0.5, 0.6) is 0 Å². The maximum Gasteiger partial charge on any atom is 0.378 e. The van der Waals surface area contributed by atoms with Gasteiger partial charge in [-0.15, -0.1) is 0 Å². The molecular formula is C13H15N3O5. The molecule has 21 heavy (non-hydrogen) atoms. The largest absolute Gasteiger partial charge is 0.446 e. The van der Waals surface area contributed by atoms with E-state index in [0.29, 0.717) is 12.8 Å². The first-order valence-corrected chi connectivity index (χ1v) is 6.35. The normalized spacial score (nSPS) is 33.2. The van der Waals surface area contributed by atoms with Gasteiger partial charge in [0.05, 0.1) is 5.41 Å². The third-order valence-electron chi connectivity index (χ3n) is 4.97. The Hall–Kier alpha value is -2.43. The summed E-state index contributed by atoms with van der Waals surface area (Å²) in [6.07, 6.45) is 0.785. The molecule has 0 aromatic rings. The summed E-state index contributed by atoms with van der Waals surface area (Å²) in [7, 11) is 0. The first-order chi connectivity index (χ1) is 9.62. The number of primary amides is 1. The monoisotopic (exact) mass is 293 g/mol. The Morgan fingerprint density at radius 3 is 2.38 bits per heavy atom. The molecular weight excluding hydrogens is 278 g/mol. The van der Waals surface area contributed by atoms with Gasteiger partial charge >= 0.3 is 11.9 Å². The number of oxime groups is 1. The fourth-order valence-electron chi connectivity index (χ4n) is 2.98. The number of amides is 1. The summed E-state index contributed by atoms with van der Waals surface area (Å²) in [4.78, 5) is 39.8. The molecule has 2 rings (SSSR count). The van der Waals surface area contributed by atoms with Crippen molar-refractivity contribution in [3.05, 3.63) is 0 Å². The van der Waals surface area contributed by atoms with Gasteiger partial charge < -0.3 is 15.3 Å². The summed E-state index contributed by atoms with van der Waals surface area (Å²) in [5.41, 5.74) is 1.13. The Morgan fingerprint density at radius 2 is 2.00 bits per heavy atom. The molecule has 0 radical (unpaired) electrons. The molecule has 2 unspecified atom stereocenters. The third-order valence-corrected chi connectivity index (χ3v) is 4.97. The molecule has 2 bridgehead atoms. The van der Waals surface area contributed by atoms with Gasteiger partial charge in [0.2, 0.25) is 11.3 Å². The van der Waals surface area contributed by atoms with Gasteiger partial charge in [0.15, 0.2) is 0 Å². The van der Waals surface area contributed by atoms with Gasteiger partial charge in [-0.2, -0.15) is 5.26 Å². The molecule has 1 aliphatic carbocycles. The number of hydrogen-bond acceptors (Lipinski definition) is 7. The zero-order valence-corrected chi connectivity index (χ0v) is 11.9. The lowest BCUT2D eigenvalue weighted by Crippen LogP contribution is -2.48. The molecule has 0 aromatic heterocycles. The van der Waals surface area contributed by atoms with Crippen molar-refractivity contribution in [1.82, 2.24) is 0 Å². The summed E-state index contributed by atoms with van der Waals surface area (Å²) in [6, 6.07) is 1.42. The highest BCUT2D eigenvalue weighted by Gasteiger charge is 2.76. The van der Waals surface area contributed by atoms with Crippen LogP contribution in [0, 0.1) is 22.2 Å². The van der Waals surface area contributed by atoms with Crippen molar-refractivity contribution in [3.8, 4) is 6.07 Å². The summed E-state index contributed by atoms with van der Waals surface area (Å²) < 4.78 is 5.27. The number of esters is 1. The molecule has 1 amide bonds. The summed E-state index contributed by atoms with van der Waals surface area (Å²) in [6.45, 7) is 5.23. The molecule has 1 saturated heterocycles. The molecule has 0 aromatic carbocycles. The smallest absolute Gasteiger partial charge is 0.378 e. The number of hydrogen-bond donors (Lipinski definition) is 1. The van der Waals surface area contributed by atoms with E-state index in [1.807, 2.05) is 0 Å². The Kier molecular flexibility index (Phi) is 3.05. The van der Waals surface area contributed by atoms with Gasteiger partial charge in [-0.3, -0.25) is 9.59 Å². The van der Waals surface area contributed by atoms with Crippen molar-refractivity contribution < 1.29 is 24.0 Å². The van der Waals surface area contributed by atoms with Crippen LogP contribution in [0.4, 0.5) is 0 Å². The Morgan fingerprint density at radius 1 is 1.38 bits per heavy atom. The van der Waals surface area contributed by atoms with E-state index in [9.17, 15) is 14.4 Å². The quantitative estimate of drug-likeness (QED) is 0.337. The Balaban J connectivity index is 2.31. The minimum atomic E-state index is -1.46. The number of rotatable bonds is 3. The molecule has 2 aliphatic rings. The maximum absolute atomic E-state index is 12.3. The predicted octanol–water partition coefficient (Wildman–Crippen LogP) is 0.0164. The van der Waals surface area contributed by atoms with E-state index in [-0.39, 0.29) is 0 Å². The second-order valence-corrected chi connectivity index (χ2v) is 5.97. The van der Waals surface area contributed by atoms with E-state index in [1.54, 1.807) is 20.8 Å². The van der Waals surface area contributed by atoms with Gasteiger partial charge in [-0.1, -0.05) is 19.0 Å². The zero-order chi connectivity index (χ0) is 16.1. The van der Waals surface area contributed by atoms with E-state index < -0.39 is 40.0 Å². The van der Waals surface area contributed by atoms with E-state index in [4.69, 9.17) is 15.7 Å². The van der Waals surface area contributed by atoms with Crippen molar-refractivity contribution in [1.29, 1.82) is 5.26 Å². The van der Waals surface area contributed by atoms with Crippen LogP contribution in [0.3, 0.4) is 0 Å². The SMILES string of the molecule is CC12CCC(C(=O)ON=C(C#N)C(N)=O)(OC1=O)C2(C)C. The fourth-order valence-corrected chi connectivity index (χ4v) is 2.98. The van der Waals surface area contributed by atoms with Crippen LogP contribution < -0.4 is 5.73 Å². The number of nitriles is 1. The van der Waals surface area contributed by atoms with E-state index in [2.05, 4.69) is 9.99 Å². The average Bonchev–Trinajstić information content (AvgIpc) is 2.69. The Labute approximate surface area is 120 Å². The van der Waals surface area contributed by atoms with Crippen LogP contribution in [-0.4, -0.2) is 29.2 Å². The van der Waals surface area contributed by atoms with E-state index in [1.165, 1.54) is 6.07 Å². The minimum absolute atomic E-state index is 0.301. The molecule has 1 heterocycles. The number of nitrogens with zero attached hydrogens (tertiary/aromatic N) is 2. The molecule has 1 aliphatic heterocycles. The van der Waals surface area contributed by atoms with Crippen molar-refractivity contribution in [2.75, 3.05) is 0 Å². The van der Waals surface area contributed by atoms with Gasteiger partial charge in [0.25, 0.3) is 5.91 Å².